The first-order chi connectivity index (χ1) is 13.2. The Hall–Kier alpha value is -2.21. The van der Waals surface area contributed by atoms with Crippen LogP contribution in [0.4, 0.5) is 0 Å². The predicted molar refractivity (Wildman–Crippen MR) is 109 cm³/mol. The van der Waals surface area contributed by atoms with Crippen LogP contribution in [-0.4, -0.2) is 14.8 Å². The number of hydrogen-bond acceptors (Lipinski definition) is 4. The van der Waals surface area contributed by atoms with Crippen molar-refractivity contribution in [1.82, 2.24) is 14.8 Å². The van der Waals surface area contributed by atoms with Crippen molar-refractivity contribution in [3.05, 3.63) is 88.1 Å². The molecule has 0 aliphatic carbocycles. The summed E-state index contributed by atoms with van der Waals surface area (Å²) >= 11 is 14.1. The second-order valence-corrected chi connectivity index (χ2v) is 7.60. The number of aromatic nitrogens is 3. The van der Waals surface area contributed by atoms with Gasteiger partial charge < -0.3 is 4.42 Å². The number of halogens is 2. The zero-order valence-corrected chi connectivity index (χ0v) is 16.5. The van der Waals surface area contributed by atoms with Crippen LogP contribution in [0, 0.1) is 0 Å². The first kappa shape index (κ1) is 18.2. The highest BCUT2D eigenvalue weighted by Crippen LogP contribution is 2.32. The molecule has 2 heterocycles. The lowest BCUT2D eigenvalue weighted by Gasteiger charge is -2.10. The largest absolute Gasteiger partial charge is 0.461 e. The van der Waals surface area contributed by atoms with Crippen molar-refractivity contribution in [2.45, 2.75) is 17.5 Å². The van der Waals surface area contributed by atoms with E-state index in [0.717, 1.165) is 16.3 Å². The van der Waals surface area contributed by atoms with Crippen LogP contribution < -0.4 is 0 Å². The van der Waals surface area contributed by atoms with E-state index in [1.807, 2.05) is 53.1 Å². The predicted octanol–water partition coefficient (Wildman–Crippen LogP) is 6.19. The Morgan fingerprint density at radius 2 is 1.67 bits per heavy atom. The van der Waals surface area contributed by atoms with Gasteiger partial charge in [-0.15, -0.1) is 10.2 Å². The molecule has 7 heteroatoms. The Morgan fingerprint density at radius 1 is 0.889 bits per heavy atom. The van der Waals surface area contributed by atoms with E-state index in [1.54, 1.807) is 18.0 Å². The Bertz CT molecular complexity index is 1010. The van der Waals surface area contributed by atoms with Crippen molar-refractivity contribution in [3.8, 4) is 11.6 Å². The molecule has 0 aliphatic rings. The quantitative estimate of drug-likeness (QED) is 0.352. The zero-order chi connectivity index (χ0) is 18.6. The van der Waals surface area contributed by atoms with E-state index < -0.39 is 0 Å². The van der Waals surface area contributed by atoms with E-state index in [-0.39, 0.29) is 0 Å². The molecule has 0 amide bonds. The minimum atomic E-state index is 0.601. The van der Waals surface area contributed by atoms with Crippen molar-refractivity contribution in [1.29, 1.82) is 0 Å². The molecular weight excluding hydrogens is 401 g/mol. The summed E-state index contributed by atoms with van der Waals surface area (Å²) in [4.78, 5) is 0. The average molecular weight is 416 g/mol. The number of hydrogen-bond donors (Lipinski definition) is 0. The maximum absolute atomic E-state index is 6.30. The third-order valence-electron chi connectivity index (χ3n) is 4.05. The highest BCUT2D eigenvalue weighted by molar-refractivity contribution is 7.98. The lowest BCUT2D eigenvalue weighted by atomic mass is 10.2. The molecule has 4 rings (SSSR count). The minimum absolute atomic E-state index is 0.601. The summed E-state index contributed by atoms with van der Waals surface area (Å²) in [6.45, 7) is 0.641. The summed E-state index contributed by atoms with van der Waals surface area (Å²) in [6.07, 6.45) is 1.63. The van der Waals surface area contributed by atoms with Crippen LogP contribution in [0.25, 0.3) is 11.6 Å². The molecule has 0 spiro atoms. The van der Waals surface area contributed by atoms with Crippen LogP contribution in [0.1, 0.15) is 11.1 Å². The van der Waals surface area contributed by atoms with Crippen molar-refractivity contribution in [2.75, 3.05) is 0 Å². The average Bonchev–Trinajstić information content (AvgIpc) is 3.32. The van der Waals surface area contributed by atoms with Gasteiger partial charge in [0, 0.05) is 15.8 Å². The molecule has 0 radical (unpaired) electrons. The molecule has 4 aromatic rings. The highest BCUT2D eigenvalue weighted by atomic mass is 35.5. The Labute approximate surface area is 171 Å². The van der Waals surface area contributed by atoms with Gasteiger partial charge in [0.15, 0.2) is 10.9 Å². The van der Waals surface area contributed by atoms with Crippen LogP contribution in [0.3, 0.4) is 0 Å². The number of nitrogens with zero attached hydrogens (tertiary/aromatic N) is 3. The summed E-state index contributed by atoms with van der Waals surface area (Å²) in [5, 5.41) is 10.8. The third kappa shape index (κ3) is 4.05. The molecular formula is C20H15Cl2N3OS. The molecule has 0 atom stereocenters. The fourth-order valence-corrected chi connectivity index (χ4v) is 4.38. The lowest BCUT2D eigenvalue weighted by molar-refractivity contribution is 0.569. The number of rotatable bonds is 6. The summed E-state index contributed by atoms with van der Waals surface area (Å²) < 4.78 is 7.58. The molecule has 0 unspecified atom stereocenters. The van der Waals surface area contributed by atoms with Gasteiger partial charge in [0.2, 0.25) is 5.82 Å². The Morgan fingerprint density at radius 3 is 2.37 bits per heavy atom. The fourth-order valence-electron chi connectivity index (χ4n) is 2.70. The van der Waals surface area contributed by atoms with Gasteiger partial charge in [-0.2, -0.15) is 0 Å². The topological polar surface area (TPSA) is 43.9 Å². The van der Waals surface area contributed by atoms with Crippen LogP contribution in [0.15, 0.2) is 76.5 Å². The van der Waals surface area contributed by atoms with Gasteiger partial charge in [-0.1, -0.05) is 71.4 Å². The van der Waals surface area contributed by atoms with Crippen molar-refractivity contribution >= 4 is 35.0 Å². The standard InChI is InChI=1S/C20H15Cl2N3OS/c21-16-8-4-9-17(22)15(16)13-27-20-24-23-19(18-10-5-11-26-18)25(20)12-14-6-2-1-3-7-14/h1-11H,12-13H2. The van der Waals surface area contributed by atoms with Gasteiger partial charge in [-0.05, 0) is 35.4 Å². The molecule has 0 saturated carbocycles. The molecule has 0 fully saturated rings. The first-order valence-corrected chi connectivity index (χ1v) is 10.0. The van der Waals surface area contributed by atoms with E-state index in [9.17, 15) is 0 Å². The van der Waals surface area contributed by atoms with Crippen LogP contribution in [0.2, 0.25) is 10.0 Å². The summed E-state index contributed by atoms with van der Waals surface area (Å²) in [5.41, 5.74) is 2.04. The van der Waals surface area contributed by atoms with Crippen molar-refractivity contribution < 1.29 is 4.42 Å². The molecule has 0 saturated heterocycles. The maximum atomic E-state index is 6.30. The van der Waals surface area contributed by atoms with Gasteiger partial charge in [-0.3, -0.25) is 4.57 Å². The summed E-state index contributed by atoms with van der Waals surface area (Å²) in [7, 11) is 0. The normalized spacial score (nSPS) is 11.0. The smallest absolute Gasteiger partial charge is 0.200 e. The molecule has 27 heavy (non-hydrogen) atoms. The van der Waals surface area contributed by atoms with Gasteiger partial charge in [0.05, 0.1) is 12.8 Å². The molecule has 0 bridgehead atoms. The van der Waals surface area contributed by atoms with Gasteiger partial charge in [0.25, 0.3) is 0 Å². The van der Waals surface area contributed by atoms with Crippen molar-refractivity contribution in [3.63, 3.8) is 0 Å². The molecule has 0 aliphatic heterocycles. The van der Waals surface area contributed by atoms with Crippen LogP contribution >= 0.6 is 35.0 Å². The molecule has 0 N–H and O–H groups in total. The summed E-state index contributed by atoms with van der Waals surface area (Å²) in [5.74, 6) is 1.97. The van der Waals surface area contributed by atoms with Gasteiger partial charge in [0.1, 0.15) is 0 Å². The van der Waals surface area contributed by atoms with E-state index in [4.69, 9.17) is 27.6 Å². The third-order valence-corrected chi connectivity index (χ3v) is 5.75. The maximum Gasteiger partial charge on any atom is 0.200 e. The van der Waals surface area contributed by atoms with E-state index in [2.05, 4.69) is 22.3 Å². The Kier molecular flexibility index (Phi) is 5.53. The van der Waals surface area contributed by atoms with E-state index >= 15 is 0 Å². The van der Waals surface area contributed by atoms with E-state index in [0.29, 0.717) is 33.9 Å². The second kappa shape index (κ2) is 8.21. The molecule has 4 nitrogen and oxygen atoms in total. The number of thioether (sulfide) groups is 1. The van der Waals surface area contributed by atoms with Gasteiger partial charge in [-0.25, -0.2) is 0 Å². The highest BCUT2D eigenvalue weighted by Gasteiger charge is 2.17. The lowest BCUT2D eigenvalue weighted by Crippen LogP contribution is -2.04. The van der Waals surface area contributed by atoms with Crippen molar-refractivity contribution in [2.24, 2.45) is 0 Å². The zero-order valence-electron chi connectivity index (χ0n) is 14.2. The van der Waals surface area contributed by atoms with Gasteiger partial charge >= 0.3 is 0 Å². The second-order valence-electron chi connectivity index (χ2n) is 5.84. The molecule has 2 aromatic heterocycles. The molecule has 2 aromatic carbocycles. The first-order valence-electron chi connectivity index (χ1n) is 8.29. The number of benzene rings is 2. The molecule has 136 valence electrons. The van der Waals surface area contributed by atoms with E-state index in [1.165, 1.54) is 0 Å². The fraction of sp³-hybridized carbons (Fsp3) is 0.100. The Balaban J connectivity index is 1.66. The van der Waals surface area contributed by atoms with Crippen LogP contribution in [0.5, 0.6) is 0 Å². The number of furan rings is 1. The minimum Gasteiger partial charge on any atom is -0.461 e. The monoisotopic (exact) mass is 415 g/mol. The SMILES string of the molecule is Clc1cccc(Cl)c1CSc1nnc(-c2ccco2)n1Cc1ccccc1. The van der Waals surface area contributed by atoms with Crippen LogP contribution in [-0.2, 0) is 12.3 Å². The summed E-state index contributed by atoms with van der Waals surface area (Å²) in [6, 6.07) is 19.4.